The first-order valence-corrected chi connectivity index (χ1v) is 5.13. The Labute approximate surface area is 92.3 Å². The molecule has 1 aromatic carbocycles. The molecular formula is C11H8Cl2O. The van der Waals surface area contributed by atoms with E-state index in [2.05, 4.69) is 0 Å². The molecule has 0 atom stereocenters. The SMILES string of the molecule is O=C1CCC=C1c1ccc(Cl)cc1Cl. The molecule has 2 rings (SSSR count). The summed E-state index contributed by atoms with van der Waals surface area (Å²) in [5, 5.41) is 1.13. The molecule has 1 aromatic rings. The zero-order chi connectivity index (χ0) is 10.1. The van der Waals surface area contributed by atoms with E-state index in [1.165, 1.54) is 0 Å². The van der Waals surface area contributed by atoms with Crippen LogP contribution >= 0.6 is 23.2 Å². The molecule has 1 aliphatic rings. The molecule has 0 fully saturated rings. The van der Waals surface area contributed by atoms with Gasteiger partial charge in [0.25, 0.3) is 0 Å². The fourth-order valence-electron chi connectivity index (χ4n) is 1.56. The molecule has 0 spiro atoms. The minimum absolute atomic E-state index is 0.161. The van der Waals surface area contributed by atoms with Crippen molar-refractivity contribution in [3.63, 3.8) is 0 Å². The topological polar surface area (TPSA) is 17.1 Å². The molecule has 0 heterocycles. The molecule has 0 saturated heterocycles. The minimum atomic E-state index is 0.161. The smallest absolute Gasteiger partial charge is 0.163 e. The van der Waals surface area contributed by atoms with E-state index < -0.39 is 0 Å². The summed E-state index contributed by atoms with van der Waals surface area (Å²) in [6.45, 7) is 0. The van der Waals surface area contributed by atoms with Crippen molar-refractivity contribution in [3.8, 4) is 0 Å². The molecule has 0 amide bonds. The fraction of sp³-hybridized carbons (Fsp3) is 0.182. The molecule has 0 aromatic heterocycles. The predicted molar refractivity (Wildman–Crippen MR) is 58.7 cm³/mol. The summed E-state index contributed by atoms with van der Waals surface area (Å²) >= 11 is 11.8. The third-order valence-electron chi connectivity index (χ3n) is 2.24. The van der Waals surface area contributed by atoms with Gasteiger partial charge in [-0.2, -0.15) is 0 Å². The molecule has 0 saturated carbocycles. The number of rotatable bonds is 1. The second kappa shape index (κ2) is 3.76. The number of hydrogen-bond donors (Lipinski definition) is 0. The Morgan fingerprint density at radius 3 is 2.57 bits per heavy atom. The summed E-state index contributed by atoms with van der Waals surface area (Å²) < 4.78 is 0. The molecule has 0 aliphatic heterocycles. The van der Waals surface area contributed by atoms with Gasteiger partial charge in [0.15, 0.2) is 5.78 Å². The number of Topliss-reactive ketones (excluding diaryl/α,β-unsaturated/α-hetero) is 1. The summed E-state index contributed by atoms with van der Waals surface area (Å²) in [5.41, 5.74) is 1.52. The van der Waals surface area contributed by atoms with Gasteiger partial charge in [-0.05, 0) is 18.6 Å². The van der Waals surface area contributed by atoms with Crippen LogP contribution in [0, 0.1) is 0 Å². The van der Waals surface area contributed by atoms with E-state index in [0.29, 0.717) is 16.5 Å². The minimum Gasteiger partial charge on any atom is -0.294 e. The maximum Gasteiger partial charge on any atom is 0.163 e. The van der Waals surface area contributed by atoms with E-state index in [-0.39, 0.29) is 5.78 Å². The summed E-state index contributed by atoms with van der Waals surface area (Å²) in [6, 6.07) is 5.19. The van der Waals surface area contributed by atoms with E-state index in [4.69, 9.17) is 23.2 Å². The largest absolute Gasteiger partial charge is 0.294 e. The lowest BCUT2D eigenvalue weighted by atomic mass is 10.0. The van der Waals surface area contributed by atoms with Crippen molar-refractivity contribution >= 4 is 34.6 Å². The third-order valence-corrected chi connectivity index (χ3v) is 2.79. The number of carbonyl (C=O) groups excluding carboxylic acids is 1. The molecule has 0 unspecified atom stereocenters. The van der Waals surface area contributed by atoms with Crippen LogP contribution in [0.3, 0.4) is 0 Å². The Morgan fingerprint density at radius 1 is 1.21 bits per heavy atom. The number of allylic oxidation sites excluding steroid dienone is 2. The lowest BCUT2D eigenvalue weighted by Gasteiger charge is -2.04. The van der Waals surface area contributed by atoms with Crippen molar-refractivity contribution in [1.29, 1.82) is 0 Å². The van der Waals surface area contributed by atoms with Crippen molar-refractivity contribution < 1.29 is 4.79 Å². The first-order valence-electron chi connectivity index (χ1n) is 4.37. The Balaban J connectivity index is 2.47. The van der Waals surface area contributed by atoms with Crippen LogP contribution in [0.1, 0.15) is 18.4 Å². The summed E-state index contributed by atoms with van der Waals surface area (Å²) in [4.78, 5) is 11.5. The lowest BCUT2D eigenvalue weighted by Crippen LogP contribution is -1.95. The average Bonchev–Trinajstić information content (AvgIpc) is 2.52. The highest BCUT2D eigenvalue weighted by Crippen LogP contribution is 2.31. The molecule has 72 valence electrons. The Bertz CT molecular complexity index is 421. The number of hydrogen-bond acceptors (Lipinski definition) is 1. The molecule has 0 radical (unpaired) electrons. The third kappa shape index (κ3) is 1.70. The van der Waals surface area contributed by atoms with Gasteiger partial charge in [0.05, 0.1) is 0 Å². The van der Waals surface area contributed by atoms with Crippen LogP contribution in [-0.2, 0) is 4.79 Å². The standard InChI is InChI=1S/C11H8Cl2O/c12-7-4-5-8(10(13)6-7)9-2-1-3-11(9)14/h2,4-6H,1,3H2. The Morgan fingerprint density at radius 2 is 2.00 bits per heavy atom. The number of ketones is 1. The highest BCUT2D eigenvalue weighted by atomic mass is 35.5. The summed E-state index contributed by atoms with van der Waals surface area (Å²) in [5.74, 6) is 0.161. The van der Waals surface area contributed by atoms with Gasteiger partial charge in [0.1, 0.15) is 0 Å². The zero-order valence-electron chi connectivity index (χ0n) is 7.39. The molecule has 1 nitrogen and oxygen atoms in total. The first kappa shape index (κ1) is 9.75. The molecular weight excluding hydrogens is 219 g/mol. The second-order valence-electron chi connectivity index (χ2n) is 3.20. The highest BCUT2D eigenvalue weighted by molar-refractivity contribution is 6.37. The fourth-order valence-corrected chi connectivity index (χ4v) is 2.07. The predicted octanol–water partition coefficient (Wildman–Crippen LogP) is 3.74. The van der Waals surface area contributed by atoms with Crippen LogP contribution < -0.4 is 0 Å². The second-order valence-corrected chi connectivity index (χ2v) is 4.05. The molecule has 1 aliphatic carbocycles. The van der Waals surface area contributed by atoms with Crippen molar-refractivity contribution in [2.24, 2.45) is 0 Å². The summed E-state index contributed by atoms with van der Waals surface area (Å²) in [7, 11) is 0. The molecule has 0 N–H and O–H groups in total. The van der Waals surface area contributed by atoms with E-state index in [9.17, 15) is 4.79 Å². The van der Waals surface area contributed by atoms with Gasteiger partial charge in [-0.25, -0.2) is 0 Å². The molecule has 3 heteroatoms. The van der Waals surface area contributed by atoms with Crippen molar-refractivity contribution in [2.45, 2.75) is 12.8 Å². The number of carbonyl (C=O) groups is 1. The van der Waals surface area contributed by atoms with Gasteiger partial charge < -0.3 is 0 Å². The average molecular weight is 227 g/mol. The Kier molecular flexibility index (Phi) is 2.62. The van der Waals surface area contributed by atoms with Crippen molar-refractivity contribution in [2.75, 3.05) is 0 Å². The van der Waals surface area contributed by atoms with Crippen LogP contribution in [0.4, 0.5) is 0 Å². The molecule has 14 heavy (non-hydrogen) atoms. The van der Waals surface area contributed by atoms with Gasteiger partial charge in [-0.3, -0.25) is 4.79 Å². The lowest BCUT2D eigenvalue weighted by molar-refractivity contribution is -0.113. The van der Waals surface area contributed by atoms with E-state index in [0.717, 1.165) is 17.6 Å². The molecule has 0 bridgehead atoms. The van der Waals surface area contributed by atoms with E-state index in [1.807, 2.05) is 6.08 Å². The van der Waals surface area contributed by atoms with Crippen LogP contribution in [0.25, 0.3) is 5.57 Å². The maximum atomic E-state index is 11.5. The van der Waals surface area contributed by atoms with Crippen LogP contribution in [0.2, 0.25) is 10.0 Å². The maximum absolute atomic E-state index is 11.5. The monoisotopic (exact) mass is 226 g/mol. The normalized spacial score (nSPS) is 15.9. The van der Waals surface area contributed by atoms with Crippen LogP contribution in [0.5, 0.6) is 0 Å². The van der Waals surface area contributed by atoms with Gasteiger partial charge in [-0.1, -0.05) is 35.3 Å². The van der Waals surface area contributed by atoms with Gasteiger partial charge in [0.2, 0.25) is 0 Å². The summed E-state index contributed by atoms with van der Waals surface area (Å²) in [6.07, 6.45) is 3.33. The van der Waals surface area contributed by atoms with Crippen molar-refractivity contribution in [3.05, 3.63) is 39.9 Å². The van der Waals surface area contributed by atoms with E-state index >= 15 is 0 Å². The van der Waals surface area contributed by atoms with E-state index in [1.54, 1.807) is 18.2 Å². The number of benzene rings is 1. The van der Waals surface area contributed by atoms with Crippen LogP contribution in [-0.4, -0.2) is 5.78 Å². The van der Waals surface area contributed by atoms with Gasteiger partial charge in [-0.15, -0.1) is 0 Å². The zero-order valence-corrected chi connectivity index (χ0v) is 8.90. The van der Waals surface area contributed by atoms with Gasteiger partial charge in [0, 0.05) is 27.6 Å². The van der Waals surface area contributed by atoms with Gasteiger partial charge >= 0.3 is 0 Å². The highest BCUT2D eigenvalue weighted by Gasteiger charge is 2.18. The van der Waals surface area contributed by atoms with Crippen molar-refractivity contribution in [1.82, 2.24) is 0 Å². The quantitative estimate of drug-likeness (QED) is 0.714. The first-order chi connectivity index (χ1) is 6.68. The van der Waals surface area contributed by atoms with Crippen LogP contribution in [0.15, 0.2) is 24.3 Å². The Hall–Kier alpha value is -0.790. The number of halogens is 2.